The zero-order valence-electron chi connectivity index (χ0n) is 15.6. The molecule has 0 aliphatic carbocycles. The van der Waals surface area contributed by atoms with Crippen LogP contribution < -0.4 is 5.32 Å². The van der Waals surface area contributed by atoms with Crippen molar-refractivity contribution in [3.8, 4) is 0 Å². The lowest BCUT2D eigenvalue weighted by molar-refractivity contribution is 0.0670. The Morgan fingerprint density at radius 2 is 1.67 bits per heavy atom. The summed E-state index contributed by atoms with van der Waals surface area (Å²) in [6, 6.07) is 7.62. The number of rotatable bonds is 2. The van der Waals surface area contributed by atoms with Crippen LogP contribution >= 0.6 is 0 Å². The standard InChI is InChI=1S/C20H25N5O2/c1-15-5-7-16(8-6-15)22-20(27)24-12-10-23(11-13-24)19(26)17-14-21-25-9-3-2-4-18(17)25/h5-8,14H,2-4,9-13H2,1H3,(H,22,27). The second kappa shape index (κ2) is 7.42. The molecule has 27 heavy (non-hydrogen) atoms. The molecule has 0 unspecified atom stereocenters. The highest BCUT2D eigenvalue weighted by Crippen LogP contribution is 2.20. The first-order valence-electron chi connectivity index (χ1n) is 9.58. The van der Waals surface area contributed by atoms with E-state index in [2.05, 4.69) is 10.4 Å². The Hall–Kier alpha value is -2.83. The van der Waals surface area contributed by atoms with Crippen molar-refractivity contribution in [3.63, 3.8) is 0 Å². The molecule has 1 N–H and O–H groups in total. The molecule has 3 heterocycles. The minimum Gasteiger partial charge on any atom is -0.335 e. The highest BCUT2D eigenvalue weighted by Gasteiger charge is 2.28. The van der Waals surface area contributed by atoms with Gasteiger partial charge in [-0.15, -0.1) is 0 Å². The predicted octanol–water partition coefficient (Wildman–Crippen LogP) is 2.52. The van der Waals surface area contributed by atoms with Gasteiger partial charge in [-0.1, -0.05) is 17.7 Å². The van der Waals surface area contributed by atoms with Gasteiger partial charge < -0.3 is 15.1 Å². The van der Waals surface area contributed by atoms with Gasteiger partial charge in [0.15, 0.2) is 0 Å². The van der Waals surface area contributed by atoms with E-state index in [1.807, 2.05) is 40.8 Å². The summed E-state index contributed by atoms with van der Waals surface area (Å²) in [6.07, 6.45) is 4.86. The summed E-state index contributed by atoms with van der Waals surface area (Å²) >= 11 is 0. The summed E-state index contributed by atoms with van der Waals surface area (Å²) in [5.41, 5.74) is 3.73. The first-order chi connectivity index (χ1) is 13.1. The minimum absolute atomic E-state index is 0.0387. The van der Waals surface area contributed by atoms with Crippen molar-refractivity contribution in [1.29, 1.82) is 0 Å². The van der Waals surface area contributed by atoms with Crippen molar-refractivity contribution < 1.29 is 9.59 Å². The number of nitrogens with zero attached hydrogens (tertiary/aromatic N) is 4. The maximum absolute atomic E-state index is 12.9. The van der Waals surface area contributed by atoms with Gasteiger partial charge in [-0.25, -0.2) is 4.79 Å². The van der Waals surface area contributed by atoms with Gasteiger partial charge >= 0.3 is 6.03 Å². The van der Waals surface area contributed by atoms with Crippen molar-refractivity contribution in [2.24, 2.45) is 0 Å². The van der Waals surface area contributed by atoms with Crippen LogP contribution in [-0.2, 0) is 13.0 Å². The van der Waals surface area contributed by atoms with Crippen LogP contribution in [0.5, 0.6) is 0 Å². The Balaban J connectivity index is 1.34. The summed E-state index contributed by atoms with van der Waals surface area (Å²) < 4.78 is 1.96. The number of piperazine rings is 1. The third-order valence-corrected chi connectivity index (χ3v) is 5.37. The number of nitrogens with one attached hydrogen (secondary N) is 1. The average Bonchev–Trinajstić information content (AvgIpc) is 3.13. The number of fused-ring (bicyclic) bond motifs is 1. The Morgan fingerprint density at radius 1 is 0.963 bits per heavy atom. The number of hydrogen-bond acceptors (Lipinski definition) is 3. The maximum Gasteiger partial charge on any atom is 0.321 e. The molecule has 2 aromatic rings. The fourth-order valence-corrected chi connectivity index (χ4v) is 3.72. The van der Waals surface area contributed by atoms with E-state index in [0.29, 0.717) is 26.2 Å². The van der Waals surface area contributed by atoms with Gasteiger partial charge in [0.25, 0.3) is 5.91 Å². The minimum atomic E-state index is -0.117. The van der Waals surface area contributed by atoms with Crippen LogP contribution in [0.3, 0.4) is 0 Å². The van der Waals surface area contributed by atoms with E-state index < -0.39 is 0 Å². The first-order valence-corrected chi connectivity index (χ1v) is 9.58. The number of aryl methyl sites for hydroxylation is 2. The van der Waals surface area contributed by atoms with Crippen molar-refractivity contribution >= 4 is 17.6 Å². The smallest absolute Gasteiger partial charge is 0.321 e. The second-order valence-corrected chi connectivity index (χ2v) is 7.26. The van der Waals surface area contributed by atoms with Crippen LogP contribution in [0.1, 0.15) is 34.5 Å². The van der Waals surface area contributed by atoms with Gasteiger partial charge in [-0.05, 0) is 38.3 Å². The van der Waals surface area contributed by atoms with E-state index in [1.54, 1.807) is 11.1 Å². The Morgan fingerprint density at radius 3 is 2.41 bits per heavy atom. The van der Waals surface area contributed by atoms with E-state index in [9.17, 15) is 9.59 Å². The molecule has 2 aliphatic rings. The fraction of sp³-hybridized carbons (Fsp3) is 0.450. The Labute approximate surface area is 158 Å². The summed E-state index contributed by atoms with van der Waals surface area (Å²) in [4.78, 5) is 28.9. The van der Waals surface area contributed by atoms with E-state index >= 15 is 0 Å². The SMILES string of the molecule is Cc1ccc(NC(=O)N2CCN(C(=O)c3cnn4c3CCCC4)CC2)cc1. The van der Waals surface area contributed by atoms with E-state index in [-0.39, 0.29) is 11.9 Å². The van der Waals surface area contributed by atoms with Gasteiger partial charge in [0.2, 0.25) is 0 Å². The van der Waals surface area contributed by atoms with Gasteiger partial charge in [0.1, 0.15) is 0 Å². The zero-order chi connectivity index (χ0) is 18.8. The lowest BCUT2D eigenvalue weighted by Gasteiger charge is -2.34. The molecule has 0 radical (unpaired) electrons. The van der Waals surface area contributed by atoms with Crippen LogP contribution in [0, 0.1) is 6.92 Å². The first kappa shape index (κ1) is 17.6. The third-order valence-electron chi connectivity index (χ3n) is 5.37. The third kappa shape index (κ3) is 3.67. The molecule has 2 aliphatic heterocycles. The molecule has 1 saturated heterocycles. The summed E-state index contributed by atoms with van der Waals surface area (Å²) in [6.45, 7) is 5.07. The largest absolute Gasteiger partial charge is 0.335 e. The van der Waals surface area contributed by atoms with E-state index in [1.165, 1.54) is 0 Å². The molecule has 1 fully saturated rings. The Bertz CT molecular complexity index is 835. The molecule has 1 aromatic carbocycles. The molecule has 1 aromatic heterocycles. The highest BCUT2D eigenvalue weighted by molar-refractivity contribution is 5.95. The molecule has 0 bridgehead atoms. The van der Waals surface area contributed by atoms with Gasteiger partial charge in [-0.3, -0.25) is 9.48 Å². The van der Waals surface area contributed by atoms with Crippen LogP contribution in [0.2, 0.25) is 0 Å². The van der Waals surface area contributed by atoms with Crippen molar-refractivity contribution in [2.75, 3.05) is 31.5 Å². The molecule has 3 amide bonds. The number of hydrogen-bond donors (Lipinski definition) is 1. The fourth-order valence-electron chi connectivity index (χ4n) is 3.72. The second-order valence-electron chi connectivity index (χ2n) is 7.26. The molecule has 0 saturated carbocycles. The molecule has 7 nitrogen and oxygen atoms in total. The van der Waals surface area contributed by atoms with Crippen molar-refractivity contribution in [1.82, 2.24) is 19.6 Å². The molecular weight excluding hydrogens is 342 g/mol. The molecular formula is C20H25N5O2. The molecule has 0 spiro atoms. The number of benzene rings is 1. The lowest BCUT2D eigenvalue weighted by atomic mass is 10.1. The monoisotopic (exact) mass is 367 g/mol. The summed E-state index contributed by atoms with van der Waals surface area (Å²) in [5, 5.41) is 7.29. The number of anilines is 1. The van der Waals surface area contributed by atoms with Crippen LogP contribution in [0.25, 0.3) is 0 Å². The summed E-state index contributed by atoms with van der Waals surface area (Å²) in [7, 11) is 0. The number of carbonyl (C=O) groups is 2. The van der Waals surface area contributed by atoms with Gasteiger partial charge in [-0.2, -0.15) is 5.10 Å². The van der Waals surface area contributed by atoms with Gasteiger partial charge in [0.05, 0.1) is 17.5 Å². The number of urea groups is 1. The molecule has 0 atom stereocenters. The predicted molar refractivity (Wildman–Crippen MR) is 103 cm³/mol. The van der Waals surface area contributed by atoms with Crippen molar-refractivity contribution in [2.45, 2.75) is 32.7 Å². The highest BCUT2D eigenvalue weighted by atomic mass is 16.2. The molecule has 4 rings (SSSR count). The normalized spacial score (nSPS) is 16.8. The average molecular weight is 367 g/mol. The molecule has 142 valence electrons. The van der Waals surface area contributed by atoms with E-state index in [4.69, 9.17) is 0 Å². The number of aromatic nitrogens is 2. The van der Waals surface area contributed by atoms with Crippen molar-refractivity contribution in [3.05, 3.63) is 47.3 Å². The number of carbonyl (C=O) groups excluding carboxylic acids is 2. The lowest BCUT2D eigenvalue weighted by Crippen LogP contribution is -2.51. The molecule has 7 heteroatoms. The maximum atomic E-state index is 12.9. The quantitative estimate of drug-likeness (QED) is 0.887. The summed E-state index contributed by atoms with van der Waals surface area (Å²) in [5.74, 6) is 0.0387. The van der Waals surface area contributed by atoms with E-state index in [0.717, 1.165) is 48.3 Å². The van der Waals surface area contributed by atoms with Crippen LogP contribution in [0.4, 0.5) is 10.5 Å². The van der Waals surface area contributed by atoms with Crippen LogP contribution in [0.15, 0.2) is 30.5 Å². The topological polar surface area (TPSA) is 70.5 Å². The Kier molecular flexibility index (Phi) is 4.83. The van der Waals surface area contributed by atoms with Gasteiger partial charge in [0, 0.05) is 38.4 Å². The van der Waals surface area contributed by atoms with Crippen LogP contribution in [-0.4, -0.2) is 57.7 Å². The zero-order valence-corrected chi connectivity index (χ0v) is 15.6. The number of amides is 3.